The number of carbonyl (C=O) groups is 3. The van der Waals surface area contributed by atoms with Crippen molar-refractivity contribution < 1.29 is 28.6 Å². The molecule has 0 fully saturated rings. The van der Waals surface area contributed by atoms with Gasteiger partial charge in [0.25, 0.3) is 0 Å². The molecule has 0 radical (unpaired) electrons. The van der Waals surface area contributed by atoms with E-state index in [0.29, 0.717) is 19.3 Å². The first-order valence-electron chi connectivity index (χ1n) is 31.0. The van der Waals surface area contributed by atoms with Gasteiger partial charge in [0.05, 0.1) is 0 Å². The Labute approximate surface area is 473 Å². The standard InChI is InChI=1S/C71H112O6/c1-4-7-10-13-15-17-19-21-23-25-27-29-31-32-33-34-35-36-37-38-40-41-43-45-47-49-51-53-55-58-61-64-70(73)76-67-68(66-75-69(72)63-60-57-12-9-6-3)77-71(74)65-62-59-56-54-52-50-48-46-44-42-39-30-28-26-24-22-20-18-16-14-11-8-5-2/h7-8,10-11,15-18,21-24,27-30,32-33,35-36,38,40,42,44,48,50,68H,4-6,9,12-14,19-20,25-26,31,34,37,39,41,43,45-47,49,51-67H2,1-3H3/b10-7-,11-8-,17-15-,18-16-,23-21-,24-22-,29-27-,30-28-,33-32-,36-35-,40-38-,44-42-,50-48-. The van der Waals surface area contributed by atoms with Crippen molar-refractivity contribution in [3.63, 3.8) is 0 Å². The molecule has 6 nitrogen and oxygen atoms in total. The summed E-state index contributed by atoms with van der Waals surface area (Å²) in [6.45, 7) is 6.29. The third kappa shape index (κ3) is 61.8. The minimum absolute atomic E-state index is 0.0967. The summed E-state index contributed by atoms with van der Waals surface area (Å²) in [5, 5.41) is 0. The molecule has 432 valence electrons. The maximum atomic E-state index is 12.8. The molecule has 0 aromatic carbocycles. The average molecular weight is 1060 g/mol. The van der Waals surface area contributed by atoms with Gasteiger partial charge in [-0.25, -0.2) is 0 Å². The Morgan fingerprint density at radius 2 is 0.506 bits per heavy atom. The lowest BCUT2D eigenvalue weighted by Crippen LogP contribution is -2.30. The molecule has 0 aromatic heterocycles. The number of unbranched alkanes of at least 4 members (excludes halogenated alkanes) is 17. The second-order valence-electron chi connectivity index (χ2n) is 19.9. The average Bonchev–Trinajstić information content (AvgIpc) is 3.43. The molecule has 0 aromatic rings. The van der Waals surface area contributed by atoms with Gasteiger partial charge in [-0.2, -0.15) is 0 Å². The predicted octanol–water partition coefficient (Wildman–Crippen LogP) is 21.3. The fourth-order valence-electron chi connectivity index (χ4n) is 7.95. The Morgan fingerprint density at radius 1 is 0.273 bits per heavy atom. The van der Waals surface area contributed by atoms with Crippen molar-refractivity contribution in [2.75, 3.05) is 13.2 Å². The molecule has 0 rings (SSSR count). The molecule has 77 heavy (non-hydrogen) atoms. The smallest absolute Gasteiger partial charge is 0.306 e. The number of ether oxygens (including phenoxy) is 3. The molecule has 0 saturated carbocycles. The maximum Gasteiger partial charge on any atom is 0.306 e. The van der Waals surface area contributed by atoms with Gasteiger partial charge in [0.1, 0.15) is 13.2 Å². The summed E-state index contributed by atoms with van der Waals surface area (Å²) < 4.78 is 16.7. The highest BCUT2D eigenvalue weighted by Gasteiger charge is 2.19. The quantitative estimate of drug-likeness (QED) is 0.0261. The number of hydrogen-bond donors (Lipinski definition) is 0. The third-order valence-electron chi connectivity index (χ3n) is 12.5. The van der Waals surface area contributed by atoms with Crippen molar-refractivity contribution in [3.8, 4) is 0 Å². The lowest BCUT2D eigenvalue weighted by atomic mass is 10.1. The summed E-state index contributed by atoms with van der Waals surface area (Å²) in [6.07, 6.45) is 92.9. The van der Waals surface area contributed by atoms with Crippen LogP contribution < -0.4 is 0 Å². The lowest BCUT2D eigenvalue weighted by molar-refractivity contribution is -0.167. The van der Waals surface area contributed by atoms with E-state index >= 15 is 0 Å². The predicted molar refractivity (Wildman–Crippen MR) is 334 cm³/mol. The molecular weight excluding hydrogens is 949 g/mol. The second-order valence-corrected chi connectivity index (χ2v) is 19.9. The lowest BCUT2D eigenvalue weighted by Gasteiger charge is -2.18. The molecule has 1 atom stereocenters. The summed E-state index contributed by atoms with van der Waals surface area (Å²) in [5.74, 6) is -0.948. The first-order chi connectivity index (χ1) is 38.0. The van der Waals surface area contributed by atoms with E-state index in [1.807, 2.05) is 0 Å². The summed E-state index contributed by atoms with van der Waals surface area (Å²) in [5.41, 5.74) is 0. The van der Waals surface area contributed by atoms with E-state index in [0.717, 1.165) is 173 Å². The SMILES string of the molecule is CC/C=C\C/C=C\C/C=C\C/C=C\C/C=C\C/C=C\C/C=C\CCCCCCCCCCCC(=O)OCC(COC(=O)CCCCCCC)OC(=O)CCCCCC/C=C\C/C=C\C/C=C\C/C=C\C/C=C\C/C=C\CC. The van der Waals surface area contributed by atoms with E-state index < -0.39 is 6.10 Å². The van der Waals surface area contributed by atoms with Gasteiger partial charge >= 0.3 is 17.9 Å². The highest BCUT2D eigenvalue weighted by Crippen LogP contribution is 2.14. The molecule has 0 heterocycles. The van der Waals surface area contributed by atoms with Crippen molar-refractivity contribution in [1.82, 2.24) is 0 Å². The highest BCUT2D eigenvalue weighted by atomic mass is 16.6. The van der Waals surface area contributed by atoms with E-state index in [4.69, 9.17) is 14.2 Å². The van der Waals surface area contributed by atoms with Crippen LogP contribution in [0.4, 0.5) is 0 Å². The van der Waals surface area contributed by atoms with Crippen molar-refractivity contribution in [2.24, 2.45) is 0 Å². The molecule has 0 aliphatic heterocycles. The maximum absolute atomic E-state index is 12.8. The number of esters is 3. The van der Waals surface area contributed by atoms with E-state index in [1.54, 1.807) is 0 Å². The summed E-state index contributed by atoms with van der Waals surface area (Å²) in [6, 6.07) is 0. The van der Waals surface area contributed by atoms with Crippen LogP contribution in [-0.2, 0) is 28.6 Å². The molecule has 0 aliphatic rings. The normalized spacial score (nSPS) is 13.2. The monoisotopic (exact) mass is 1060 g/mol. The molecule has 0 saturated heterocycles. The van der Waals surface area contributed by atoms with E-state index in [1.165, 1.54) is 38.5 Å². The van der Waals surface area contributed by atoms with Crippen LogP contribution in [0.2, 0.25) is 0 Å². The van der Waals surface area contributed by atoms with Gasteiger partial charge in [0.2, 0.25) is 0 Å². The number of hydrogen-bond acceptors (Lipinski definition) is 6. The Hall–Kier alpha value is -4.97. The zero-order chi connectivity index (χ0) is 55.7. The summed E-state index contributed by atoms with van der Waals surface area (Å²) in [4.78, 5) is 37.9. The van der Waals surface area contributed by atoms with Gasteiger partial charge in [0.15, 0.2) is 6.10 Å². The summed E-state index contributed by atoms with van der Waals surface area (Å²) >= 11 is 0. The molecule has 0 amide bonds. The Morgan fingerprint density at radius 3 is 0.792 bits per heavy atom. The molecular formula is C71H112O6. The number of carbonyl (C=O) groups excluding carboxylic acids is 3. The van der Waals surface area contributed by atoms with Crippen LogP contribution in [0, 0.1) is 0 Å². The van der Waals surface area contributed by atoms with Gasteiger partial charge in [0, 0.05) is 19.3 Å². The first-order valence-corrected chi connectivity index (χ1v) is 31.0. The molecule has 0 aliphatic carbocycles. The topological polar surface area (TPSA) is 78.9 Å². The van der Waals surface area contributed by atoms with E-state index in [9.17, 15) is 14.4 Å². The number of allylic oxidation sites excluding steroid dienone is 26. The molecule has 0 spiro atoms. The van der Waals surface area contributed by atoms with Gasteiger partial charge in [-0.3, -0.25) is 14.4 Å². The highest BCUT2D eigenvalue weighted by molar-refractivity contribution is 5.71. The van der Waals surface area contributed by atoms with Gasteiger partial charge in [-0.1, -0.05) is 262 Å². The van der Waals surface area contributed by atoms with Crippen molar-refractivity contribution >= 4 is 17.9 Å². The van der Waals surface area contributed by atoms with Crippen LogP contribution in [0.15, 0.2) is 158 Å². The molecule has 1 unspecified atom stereocenters. The molecule has 0 bridgehead atoms. The Balaban J connectivity index is 4.16. The fourth-order valence-corrected chi connectivity index (χ4v) is 7.95. The van der Waals surface area contributed by atoms with E-state index in [-0.39, 0.29) is 31.1 Å². The summed E-state index contributed by atoms with van der Waals surface area (Å²) in [7, 11) is 0. The van der Waals surface area contributed by atoms with Crippen LogP contribution in [0.3, 0.4) is 0 Å². The van der Waals surface area contributed by atoms with Gasteiger partial charge in [-0.15, -0.1) is 0 Å². The fraction of sp³-hybridized carbons (Fsp3) is 0.592. The van der Waals surface area contributed by atoms with Crippen LogP contribution in [0.25, 0.3) is 0 Å². The number of rotatable bonds is 54. The zero-order valence-corrected chi connectivity index (χ0v) is 49.4. The van der Waals surface area contributed by atoms with Crippen LogP contribution in [0.1, 0.15) is 252 Å². The molecule has 0 N–H and O–H groups in total. The first kappa shape index (κ1) is 72.0. The molecule has 6 heteroatoms. The largest absolute Gasteiger partial charge is 0.462 e. The minimum Gasteiger partial charge on any atom is -0.462 e. The Kier molecular flexibility index (Phi) is 59.5. The van der Waals surface area contributed by atoms with Gasteiger partial charge < -0.3 is 14.2 Å². The minimum atomic E-state index is -0.798. The zero-order valence-electron chi connectivity index (χ0n) is 49.4. The Bertz CT molecular complexity index is 1740. The van der Waals surface area contributed by atoms with Crippen molar-refractivity contribution in [3.05, 3.63) is 158 Å². The van der Waals surface area contributed by atoms with Crippen molar-refractivity contribution in [2.45, 2.75) is 258 Å². The second kappa shape index (κ2) is 63.6. The van der Waals surface area contributed by atoms with Gasteiger partial charge in [-0.05, 0) is 128 Å². The third-order valence-corrected chi connectivity index (χ3v) is 12.5. The van der Waals surface area contributed by atoms with Crippen LogP contribution in [0.5, 0.6) is 0 Å². The van der Waals surface area contributed by atoms with Crippen LogP contribution >= 0.6 is 0 Å². The van der Waals surface area contributed by atoms with Crippen LogP contribution in [-0.4, -0.2) is 37.2 Å². The van der Waals surface area contributed by atoms with E-state index in [2.05, 4.69) is 179 Å². The van der Waals surface area contributed by atoms with Crippen molar-refractivity contribution in [1.29, 1.82) is 0 Å².